The van der Waals surface area contributed by atoms with Crippen molar-refractivity contribution in [1.82, 2.24) is 0 Å². The maximum Gasteiger partial charge on any atom is 0.419 e. The molecule has 2 atom stereocenters. The minimum absolute atomic E-state index is 0.0155. The fourth-order valence-corrected chi connectivity index (χ4v) is 1.59. The first-order valence-corrected chi connectivity index (χ1v) is 4.52. The fraction of sp³-hybridized carbons (Fsp3) is 0.400. The third-order valence-corrected chi connectivity index (χ3v) is 2.57. The highest BCUT2D eigenvalue weighted by molar-refractivity contribution is 5.33. The lowest BCUT2D eigenvalue weighted by Crippen LogP contribution is -2.08. The molecule has 0 amide bonds. The second kappa shape index (κ2) is 3.20. The van der Waals surface area contributed by atoms with Crippen LogP contribution in [0.1, 0.15) is 23.5 Å². The molecule has 1 aliphatic carbocycles. The summed E-state index contributed by atoms with van der Waals surface area (Å²) in [6.45, 7) is 0. The fourth-order valence-electron chi connectivity index (χ4n) is 1.59. The maximum absolute atomic E-state index is 13.1. The predicted molar refractivity (Wildman–Crippen MR) is 46.7 cm³/mol. The molecule has 82 valence electrons. The molecular weight excluding hydrogens is 210 g/mol. The molecule has 2 N–H and O–H groups in total. The number of benzene rings is 1. The van der Waals surface area contributed by atoms with Crippen molar-refractivity contribution in [3.05, 3.63) is 35.1 Å². The first kappa shape index (κ1) is 10.4. The average Bonchev–Trinajstić information content (AvgIpc) is 2.80. The van der Waals surface area contributed by atoms with E-state index >= 15 is 0 Å². The van der Waals surface area contributed by atoms with Crippen LogP contribution in [0.25, 0.3) is 0 Å². The molecule has 0 unspecified atom stereocenters. The smallest absolute Gasteiger partial charge is 0.327 e. The van der Waals surface area contributed by atoms with Gasteiger partial charge in [-0.15, -0.1) is 0 Å². The molecule has 2 rings (SSSR count). The van der Waals surface area contributed by atoms with Crippen LogP contribution in [0.3, 0.4) is 0 Å². The van der Waals surface area contributed by atoms with Crippen molar-refractivity contribution in [2.45, 2.75) is 24.6 Å². The van der Waals surface area contributed by atoms with Crippen molar-refractivity contribution < 1.29 is 17.6 Å². The van der Waals surface area contributed by atoms with Gasteiger partial charge in [-0.2, -0.15) is 13.2 Å². The van der Waals surface area contributed by atoms with E-state index in [4.69, 9.17) is 5.73 Å². The standard InChI is InChI=1S/C10H9F4N/c11-8-3-5(6-4-9(6)15)1-2-7(8)10(12,13)14/h1-3,6,9H,4,15H2/t6-,9+/m0/s1. The van der Waals surface area contributed by atoms with Gasteiger partial charge in [0.1, 0.15) is 5.82 Å². The van der Waals surface area contributed by atoms with Crippen LogP contribution in [-0.2, 0) is 6.18 Å². The van der Waals surface area contributed by atoms with Gasteiger partial charge in [0.25, 0.3) is 0 Å². The lowest BCUT2D eigenvalue weighted by molar-refractivity contribution is -0.140. The zero-order chi connectivity index (χ0) is 11.2. The first-order valence-electron chi connectivity index (χ1n) is 4.52. The van der Waals surface area contributed by atoms with Gasteiger partial charge >= 0.3 is 6.18 Å². The van der Waals surface area contributed by atoms with Crippen LogP contribution in [-0.4, -0.2) is 6.04 Å². The summed E-state index contributed by atoms with van der Waals surface area (Å²) >= 11 is 0. The van der Waals surface area contributed by atoms with E-state index in [9.17, 15) is 17.6 Å². The summed E-state index contributed by atoms with van der Waals surface area (Å²) in [7, 11) is 0. The van der Waals surface area contributed by atoms with Crippen molar-refractivity contribution in [3.8, 4) is 0 Å². The maximum atomic E-state index is 13.1. The predicted octanol–water partition coefficient (Wildman–Crippen LogP) is 2.66. The number of hydrogen-bond donors (Lipinski definition) is 1. The Kier molecular flexibility index (Phi) is 2.22. The molecule has 1 nitrogen and oxygen atoms in total. The lowest BCUT2D eigenvalue weighted by Gasteiger charge is -2.08. The van der Waals surface area contributed by atoms with Crippen molar-refractivity contribution in [3.63, 3.8) is 0 Å². The molecule has 0 aliphatic heterocycles. The van der Waals surface area contributed by atoms with Gasteiger partial charge in [0, 0.05) is 12.0 Å². The minimum Gasteiger partial charge on any atom is -0.327 e. The Labute approximate surface area is 83.9 Å². The zero-order valence-corrected chi connectivity index (χ0v) is 7.68. The summed E-state index contributed by atoms with van der Waals surface area (Å²) in [5.41, 5.74) is 4.86. The van der Waals surface area contributed by atoms with Crippen LogP contribution in [0.15, 0.2) is 18.2 Å². The van der Waals surface area contributed by atoms with Gasteiger partial charge in [0.15, 0.2) is 0 Å². The highest BCUT2D eigenvalue weighted by Crippen LogP contribution is 2.40. The van der Waals surface area contributed by atoms with Crippen molar-refractivity contribution in [2.24, 2.45) is 5.73 Å². The Hall–Kier alpha value is -1.10. The summed E-state index contributed by atoms with van der Waals surface area (Å²) in [6.07, 6.45) is -3.92. The van der Waals surface area contributed by atoms with Crippen LogP contribution >= 0.6 is 0 Å². The molecule has 0 saturated heterocycles. The van der Waals surface area contributed by atoms with Gasteiger partial charge < -0.3 is 5.73 Å². The third-order valence-electron chi connectivity index (χ3n) is 2.57. The number of alkyl halides is 3. The van der Waals surface area contributed by atoms with E-state index in [-0.39, 0.29) is 12.0 Å². The molecule has 0 radical (unpaired) electrons. The largest absolute Gasteiger partial charge is 0.419 e. The van der Waals surface area contributed by atoms with Crippen LogP contribution in [0.5, 0.6) is 0 Å². The summed E-state index contributed by atoms with van der Waals surface area (Å²) < 4.78 is 49.7. The normalized spacial score (nSPS) is 25.4. The topological polar surface area (TPSA) is 26.0 Å². The minimum atomic E-state index is -4.63. The SMILES string of the molecule is N[C@@H]1C[C@H]1c1ccc(C(F)(F)F)c(F)c1. The summed E-state index contributed by atoms with van der Waals surface area (Å²) in [4.78, 5) is 0. The second-order valence-corrected chi connectivity index (χ2v) is 3.74. The molecule has 0 bridgehead atoms. The van der Waals surface area contributed by atoms with Gasteiger partial charge in [-0.05, 0) is 24.1 Å². The molecule has 1 fully saturated rings. The highest BCUT2D eigenvalue weighted by atomic mass is 19.4. The average molecular weight is 219 g/mol. The third kappa shape index (κ3) is 1.97. The summed E-state index contributed by atoms with van der Waals surface area (Å²) in [5, 5.41) is 0. The van der Waals surface area contributed by atoms with Crippen LogP contribution in [0.4, 0.5) is 17.6 Å². The number of rotatable bonds is 1. The molecule has 0 aromatic heterocycles. The van der Waals surface area contributed by atoms with Gasteiger partial charge in [-0.25, -0.2) is 4.39 Å². The van der Waals surface area contributed by atoms with Crippen LogP contribution in [0, 0.1) is 5.82 Å². The summed E-state index contributed by atoms with van der Waals surface area (Å²) in [6, 6.07) is 2.96. The summed E-state index contributed by atoms with van der Waals surface area (Å²) in [5.74, 6) is -1.21. The molecular formula is C10H9F4N. The van der Waals surface area contributed by atoms with Gasteiger partial charge in [-0.3, -0.25) is 0 Å². The van der Waals surface area contributed by atoms with Crippen LogP contribution in [0.2, 0.25) is 0 Å². The molecule has 1 saturated carbocycles. The van der Waals surface area contributed by atoms with Crippen molar-refractivity contribution in [1.29, 1.82) is 0 Å². The zero-order valence-electron chi connectivity index (χ0n) is 7.68. The van der Waals surface area contributed by atoms with Gasteiger partial charge in [0.05, 0.1) is 5.56 Å². The number of hydrogen-bond acceptors (Lipinski definition) is 1. The Morgan fingerprint density at radius 2 is 1.87 bits per heavy atom. The molecule has 15 heavy (non-hydrogen) atoms. The van der Waals surface area contributed by atoms with E-state index in [0.717, 1.165) is 12.1 Å². The Bertz CT molecular complexity index is 385. The Morgan fingerprint density at radius 3 is 2.27 bits per heavy atom. The quantitative estimate of drug-likeness (QED) is 0.722. The van der Waals surface area contributed by atoms with E-state index in [1.807, 2.05) is 0 Å². The molecule has 0 heterocycles. The van der Waals surface area contributed by atoms with E-state index in [1.165, 1.54) is 6.07 Å². The lowest BCUT2D eigenvalue weighted by atomic mass is 10.1. The molecule has 5 heteroatoms. The Balaban J connectivity index is 2.31. The van der Waals surface area contributed by atoms with Crippen molar-refractivity contribution >= 4 is 0 Å². The Morgan fingerprint density at radius 1 is 1.27 bits per heavy atom. The molecule has 1 aromatic rings. The van der Waals surface area contributed by atoms with E-state index in [0.29, 0.717) is 12.0 Å². The second-order valence-electron chi connectivity index (χ2n) is 3.74. The van der Waals surface area contributed by atoms with E-state index in [1.54, 1.807) is 0 Å². The van der Waals surface area contributed by atoms with Gasteiger partial charge in [-0.1, -0.05) is 6.07 Å². The molecule has 1 aliphatic rings. The molecule has 1 aromatic carbocycles. The molecule has 0 spiro atoms. The monoisotopic (exact) mass is 219 g/mol. The van der Waals surface area contributed by atoms with E-state index < -0.39 is 17.6 Å². The first-order chi connectivity index (χ1) is 6.89. The number of nitrogens with two attached hydrogens (primary N) is 1. The van der Waals surface area contributed by atoms with Gasteiger partial charge in [0.2, 0.25) is 0 Å². The van der Waals surface area contributed by atoms with E-state index in [2.05, 4.69) is 0 Å². The number of halogens is 4. The van der Waals surface area contributed by atoms with Crippen molar-refractivity contribution in [2.75, 3.05) is 0 Å². The van der Waals surface area contributed by atoms with Crippen LogP contribution < -0.4 is 5.73 Å². The highest BCUT2D eigenvalue weighted by Gasteiger charge is 2.38.